The number of hydrogen-bond donors (Lipinski definition) is 3. The fraction of sp³-hybridized carbons (Fsp3) is 0.350. The summed E-state index contributed by atoms with van der Waals surface area (Å²) in [5.74, 6) is -1.20. The van der Waals surface area contributed by atoms with Crippen LogP contribution >= 0.6 is 0 Å². The maximum atomic E-state index is 14.2. The highest BCUT2D eigenvalue weighted by Gasteiger charge is 2.59. The van der Waals surface area contributed by atoms with Crippen LogP contribution in [0.2, 0.25) is 0 Å². The summed E-state index contributed by atoms with van der Waals surface area (Å²) < 4.78 is 44.0. The minimum Gasteiger partial charge on any atom is -0.481 e. The number of alkyl halides is 2. The number of nitrogens with one attached hydrogen (secondary N) is 1. The molecule has 170 valence electrons. The number of aliphatic hydroxyl groups excluding tert-OH is 2. The number of benzene rings is 1. The lowest BCUT2D eigenvalue weighted by Gasteiger charge is -2.21. The monoisotopic (exact) mass is 451 g/mol. The van der Waals surface area contributed by atoms with Crippen LogP contribution in [0.25, 0.3) is 0 Å². The summed E-state index contributed by atoms with van der Waals surface area (Å²) in [6, 6.07) is 7.70. The van der Waals surface area contributed by atoms with Gasteiger partial charge in [-0.05, 0) is 23.8 Å². The van der Waals surface area contributed by atoms with Crippen molar-refractivity contribution in [1.82, 2.24) is 9.55 Å². The molecule has 1 amide bonds. The van der Waals surface area contributed by atoms with Crippen molar-refractivity contribution < 1.29 is 38.0 Å². The van der Waals surface area contributed by atoms with Gasteiger partial charge < -0.3 is 24.4 Å². The minimum atomic E-state index is -3.84. The van der Waals surface area contributed by atoms with Gasteiger partial charge in [0.05, 0.1) is 6.61 Å². The van der Waals surface area contributed by atoms with E-state index in [1.807, 2.05) is 0 Å². The molecule has 1 aliphatic heterocycles. The van der Waals surface area contributed by atoms with E-state index in [4.69, 9.17) is 25.7 Å². The molecule has 2 heterocycles. The molecule has 1 saturated heterocycles. The fourth-order valence-electron chi connectivity index (χ4n) is 2.88. The third-order valence-corrected chi connectivity index (χ3v) is 4.49. The van der Waals surface area contributed by atoms with Gasteiger partial charge in [0.1, 0.15) is 30.9 Å². The molecule has 0 radical (unpaired) electrons. The van der Waals surface area contributed by atoms with Crippen LogP contribution in [0.1, 0.15) is 11.8 Å². The Labute approximate surface area is 180 Å². The molecule has 32 heavy (non-hydrogen) atoms. The summed E-state index contributed by atoms with van der Waals surface area (Å²) in [6.07, 6.45) is -0.926. The third-order valence-electron chi connectivity index (χ3n) is 4.49. The molecule has 3 N–H and O–H groups in total. The number of halogens is 2. The van der Waals surface area contributed by atoms with E-state index in [0.717, 1.165) is 12.3 Å². The lowest BCUT2D eigenvalue weighted by atomic mass is 10.1. The van der Waals surface area contributed by atoms with E-state index in [9.17, 15) is 23.5 Å². The number of carbonyl (C=O) groups is 1. The lowest BCUT2D eigenvalue weighted by molar-refractivity contribution is -0.140. The van der Waals surface area contributed by atoms with Crippen LogP contribution in [0.3, 0.4) is 0 Å². The first-order valence-corrected chi connectivity index (χ1v) is 9.26. The Morgan fingerprint density at radius 2 is 2.06 bits per heavy atom. The van der Waals surface area contributed by atoms with E-state index in [2.05, 4.69) is 16.2 Å². The van der Waals surface area contributed by atoms with Gasteiger partial charge in [-0.1, -0.05) is 18.1 Å². The van der Waals surface area contributed by atoms with Crippen LogP contribution in [0.15, 0.2) is 41.3 Å². The number of terminal acetylenes is 1. The molecular formula is C20H19F2N3O7. The Balaban J connectivity index is 1.59. The molecule has 1 aliphatic rings. The van der Waals surface area contributed by atoms with Gasteiger partial charge in [0, 0.05) is 6.20 Å². The SMILES string of the molecule is C#CCOc1ccc(COC(=O)Nc2ccn(C3OC(CO)C(O)C3(F)F)c(=O)n2)cc1. The van der Waals surface area contributed by atoms with Crippen molar-refractivity contribution >= 4 is 11.9 Å². The molecule has 0 saturated carbocycles. The maximum absolute atomic E-state index is 14.2. The molecule has 0 aliphatic carbocycles. The Hall–Kier alpha value is -3.53. The summed E-state index contributed by atoms with van der Waals surface area (Å²) in [5.41, 5.74) is -0.519. The van der Waals surface area contributed by atoms with Gasteiger partial charge in [-0.3, -0.25) is 9.88 Å². The number of ether oxygens (including phenoxy) is 3. The zero-order chi connectivity index (χ0) is 23.3. The Morgan fingerprint density at radius 3 is 2.66 bits per heavy atom. The van der Waals surface area contributed by atoms with Crippen molar-refractivity contribution in [3.05, 3.63) is 52.6 Å². The zero-order valence-electron chi connectivity index (χ0n) is 16.5. The number of aliphatic hydroxyl groups is 2. The molecule has 12 heteroatoms. The van der Waals surface area contributed by atoms with Gasteiger partial charge >= 0.3 is 17.7 Å². The number of hydrogen-bond acceptors (Lipinski definition) is 8. The predicted molar refractivity (Wildman–Crippen MR) is 105 cm³/mol. The molecule has 0 spiro atoms. The topological polar surface area (TPSA) is 132 Å². The van der Waals surface area contributed by atoms with Crippen LogP contribution in [-0.4, -0.2) is 57.2 Å². The summed E-state index contributed by atoms with van der Waals surface area (Å²) in [6.45, 7) is -0.834. The summed E-state index contributed by atoms with van der Waals surface area (Å²) in [5, 5.41) is 20.8. The number of nitrogens with zero attached hydrogens (tertiary/aromatic N) is 2. The number of anilines is 1. The molecule has 3 atom stereocenters. The van der Waals surface area contributed by atoms with Crippen molar-refractivity contribution in [3.8, 4) is 18.1 Å². The largest absolute Gasteiger partial charge is 0.481 e. The van der Waals surface area contributed by atoms with Crippen LogP contribution in [-0.2, 0) is 16.1 Å². The van der Waals surface area contributed by atoms with Crippen LogP contribution in [0, 0.1) is 12.3 Å². The average Bonchev–Trinajstić information content (AvgIpc) is 3.00. The zero-order valence-corrected chi connectivity index (χ0v) is 16.5. The first kappa shape index (κ1) is 23.1. The van der Waals surface area contributed by atoms with E-state index < -0.39 is 42.7 Å². The Kier molecular flexibility index (Phi) is 7.04. The second-order valence-corrected chi connectivity index (χ2v) is 6.67. The van der Waals surface area contributed by atoms with E-state index in [-0.39, 0.29) is 19.0 Å². The minimum absolute atomic E-state index is 0.0963. The molecule has 3 unspecified atom stereocenters. The summed E-state index contributed by atoms with van der Waals surface area (Å²) in [4.78, 5) is 27.6. The molecule has 3 rings (SSSR count). The molecule has 10 nitrogen and oxygen atoms in total. The second kappa shape index (κ2) is 9.73. The molecule has 2 aromatic rings. The third kappa shape index (κ3) is 5.02. The van der Waals surface area contributed by atoms with E-state index >= 15 is 0 Å². The van der Waals surface area contributed by atoms with Crippen molar-refractivity contribution in [3.63, 3.8) is 0 Å². The maximum Gasteiger partial charge on any atom is 0.413 e. The molecule has 1 fully saturated rings. The normalized spacial score (nSPS) is 21.5. The standard InChI is InChI=1S/C20H19F2N3O7/c1-2-9-30-13-5-3-12(4-6-13)11-31-19(29)24-15-7-8-25(18(28)23-15)17-20(21,22)16(27)14(10-26)32-17/h1,3-8,14,16-17,26-27H,9-11H2,(H,23,24,28,29). The van der Waals surface area contributed by atoms with Crippen LogP contribution in [0.4, 0.5) is 19.4 Å². The Bertz CT molecular complexity index is 1050. The highest BCUT2D eigenvalue weighted by atomic mass is 19.3. The smallest absolute Gasteiger partial charge is 0.413 e. The number of amides is 1. The first-order chi connectivity index (χ1) is 15.3. The van der Waals surface area contributed by atoms with E-state index in [1.54, 1.807) is 24.3 Å². The molecule has 1 aromatic carbocycles. The highest BCUT2D eigenvalue weighted by Crippen LogP contribution is 2.41. The summed E-state index contributed by atoms with van der Waals surface area (Å²) >= 11 is 0. The van der Waals surface area contributed by atoms with Gasteiger partial charge in [0.25, 0.3) is 0 Å². The van der Waals surface area contributed by atoms with Crippen molar-refractivity contribution in [2.24, 2.45) is 0 Å². The van der Waals surface area contributed by atoms with Gasteiger partial charge in [-0.25, -0.2) is 9.59 Å². The van der Waals surface area contributed by atoms with E-state index in [1.165, 1.54) is 0 Å². The van der Waals surface area contributed by atoms with Crippen LogP contribution < -0.4 is 15.7 Å². The van der Waals surface area contributed by atoms with Crippen molar-refractivity contribution in [2.75, 3.05) is 18.5 Å². The quantitative estimate of drug-likeness (QED) is 0.529. The van der Waals surface area contributed by atoms with Gasteiger partial charge in [-0.15, -0.1) is 6.42 Å². The predicted octanol–water partition coefficient (Wildman–Crippen LogP) is 0.890. The number of carbonyl (C=O) groups excluding carboxylic acids is 1. The van der Waals surface area contributed by atoms with Gasteiger partial charge in [0.2, 0.25) is 6.23 Å². The second-order valence-electron chi connectivity index (χ2n) is 6.67. The lowest BCUT2D eigenvalue weighted by Crippen LogP contribution is -2.41. The summed E-state index contributed by atoms with van der Waals surface area (Å²) in [7, 11) is 0. The van der Waals surface area contributed by atoms with Crippen molar-refractivity contribution in [2.45, 2.75) is 31.0 Å². The number of rotatable bonds is 7. The fourth-order valence-corrected chi connectivity index (χ4v) is 2.88. The molecular weight excluding hydrogens is 432 g/mol. The highest BCUT2D eigenvalue weighted by molar-refractivity contribution is 5.83. The van der Waals surface area contributed by atoms with Crippen LogP contribution in [0.5, 0.6) is 5.75 Å². The average molecular weight is 451 g/mol. The van der Waals surface area contributed by atoms with Crippen molar-refractivity contribution in [1.29, 1.82) is 0 Å². The first-order valence-electron chi connectivity index (χ1n) is 9.26. The molecule has 0 bridgehead atoms. The van der Waals surface area contributed by atoms with Gasteiger partial charge in [-0.2, -0.15) is 13.8 Å². The number of aromatic nitrogens is 2. The molecule has 1 aromatic heterocycles. The Morgan fingerprint density at radius 1 is 1.34 bits per heavy atom. The van der Waals surface area contributed by atoms with E-state index in [0.29, 0.717) is 15.9 Å². The van der Waals surface area contributed by atoms with Gasteiger partial charge in [0.15, 0.2) is 6.10 Å².